The Balaban J connectivity index is 2.61. The van der Waals surface area contributed by atoms with Crippen molar-refractivity contribution in [3.8, 4) is 0 Å². The molecule has 0 aliphatic heterocycles. The molecule has 0 fully saturated rings. The lowest BCUT2D eigenvalue weighted by Gasteiger charge is -2.07. The van der Waals surface area contributed by atoms with Gasteiger partial charge in [0, 0.05) is 30.6 Å². The zero-order valence-electron chi connectivity index (χ0n) is 7.94. The fraction of sp³-hybridized carbons (Fsp3) is 0.300. The predicted molar refractivity (Wildman–Crippen MR) is 57.7 cm³/mol. The van der Waals surface area contributed by atoms with Crippen LogP contribution in [0.5, 0.6) is 0 Å². The highest BCUT2D eigenvalue weighted by Crippen LogP contribution is 2.18. The van der Waals surface area contributed by atoms with Gasteiger partial charge in [0.15, 0.2) is 0 Å². The second kappa shape index (κ2) is 3.59. The van der Waals surface area contributed by atoms with Crippen LogP contribution in [0.1, 0.15) is 18.5 Å². The summed E-state index contributed by atoms with van der Waals surface area (Å²) in [4.78, 5) is 4.28. The van der Waals surface area contributed by atoms with Gasteiger partial charge in [0.25, 0.3) is 0 Å². The first-order valence-corrected chi connectivity index (χ1v) is 4.92. The SMILES string of the molecule is C[C@@H](CN)c1cnc2ccc(Cl)cn12. The Hall–Kier alpha value is -1.06. The van der Waals surface area contributed by atoms with Crippen molar-refractivity contribution in [3.63, 3.8) is 0 Å². The van der Waals surface area contributed by atoms with Crippen LogP contribution in [-0.4, -0.2) is 15.9 Å². The maximum Gasteiger partial charge on any atom is 0.136 e. The van der Waals surface area contributed by atoms with Crippen molar-refractivity contribution in [1.29, 1.82) is 0 Å². The molecule has 3 nitrogen and oxygen atoms in total. The van der Waals surface area contributed by atoms with E-state index in [1.807, 2.05) is 28.9 Å². The molecule has 2 heterocycles. The lowest BCUT2D eigenvalue weighted by atomic mass is 10.1. The third-order valence-corrected chi connectivity index (χ3v) is 2.58. The summed E-state index contributed by atoms with van der Waals surface area (Å²) in [5.41, 5.74) is 7.63. The number of nitrogens with zero attached hydrogens (tertiary/aromatic N) is 2. The first kappa shape index (κ1) is 9.49. The minimum absolute atomic E-state index is 0.295. The molecule has 0 aliphatic rings. The van der Waals surface area contributed by atoms with Gasteiger partial charge in [0.05, 0.1) is 5.02 Å². The Bertz CT molecular complexity index is 450. The van der Waals surface area contributed by atoms with E-state index in [2.05, 4.69) is 11.9 Å². The summed E-state index contributed by atoms with van der Waals surface area (Å²) in [5, 5.41) is 0.709. The highest BCUT2D eigenvalue weighted by atomic mass is 35.5. The molecule has 0 aromatic carbocycles. The van der Waals surface area contributed by atoms with E-state index in [4.69, 9.17) is 17.3 Å². The summed E-state index contributed by atoms with van der Waals surface area (Å²) in [7, 11) is 0. The molecule has 2 aromatic heterocycles. The first-order valence-electron chi connectivity index (χ1n) is 4.55. The molecule has 0 bridgehead atoms. The fourth-order valence-electron chi connectivity index (χ4n) is 1.46. The topological polar surface area (TPSA) is 43.3 Å². The number of pyridine rings is 1. The van der Waals surface area contributed by atoms with Gasteiger partial charge in [0.1, 0.15) is 5.65 Å². The van der Waals surface area contributed by atoms with Crippen LogP contribution in [-0.2, 0) is 0 Å². The van der Waals surface area contributed by atoms with Crippen LogP contribution in [0.4, 0.5) is 0 Å². The molecule has 0 saturated carbocycles. The summed E-state index contributed by atoms with van der Waals surface area (Å²) in [6.45, 7) is 2.69. The van der Waals surface area contributed by atoms with Crippen molar-refractivity contribution >= 4 is 17.2 Å². The zero-order chi connectivity index (χ0) is 10.1. The van der Waals surface area contributed by atoms with Gasteiger partial charge in [-0.3, -0.25) is 0 Å². The highest BCUT2D eigenvalue weighted by Gasteiger charge is 2.09. The molecule has 14 heavy (non-hydrogen) atoms. The maximum atomic E-state index is 5.92. The molecule has 4 heteroatoms. The van der Waals surface area contributed by atoms with Crippen LogP contribution >= 0.6 is 11.6 Å². The van der Waals surface area contributed by atoms with Crippen LogP contribution in [0.15, 0.2) is 24.5 Å². The Morgan fingerprint density at radius 1 is 1.57 bits per heavy atom. The van der Waals surface area contributed by atoms with Gasteiger partial charge in [-0.2, -0.15) is 0 Å². The Kier molecular flexibility index (Phi) is 2.44. The van der Waals surface area contributed by atoms with Crippen LogP contribution in [0.25, 0.3) is 5.65 Å². The average molecular weight is 210 g/mol. The molecule has 0 unspecified atom stereocenters. The summed E-state index contributed by atoms with van der Waals surface area (Å²) < 4.78 is 1.99. The number of hydrogen-bond donors (Lipinski definition) is 1. The van der Waals surface area contributed by atoms with E-state index in [1.54, 1.807) is 0 Å². The van der Waals surface area contributed by atoms with Crippen molar-refractivity contribution in [2.45, 2.75) is 12.8 Å². The number of imidazole rings is 1. The maximum absolute atomic E-state index is 5.92. The smallest absolute Gasteiger partial charge is 0.136 e. The van der Waals surface area contributed by atoms with Crippen LogP contribution in [0.2, 0.25) is 5.02 Å². The van der Waals surface area contributed by atoms with E-state index in [1.165, 1.54) is 0 Å². The van der Waals surface area contributed by atoms with Gasteiger partial charge in [-0.05, 0) is 12.1 Å². The van der Waals surface area contributed by atoms with Crippen molar-refractivity contribution in [2.24, 2.45) is 5.73 Å². The zero-order valence-corrected chi connectivity index (χ0v) is 8.70. The number of fused-ring (bicyclic) bond motifs is 1. The minimum Gasteiger partial charge on any atom is -0.330 e. The Morgan fingerprint density at radius 3 is 3.07 bits per heavy atom. The van der Waals surface area contributed by atoms with Crippen molar-refractivity contribution < 1.29 is 0 Å². The molecule has 0 radical (unpaired) electrons. The molecule has 2 N–H and O–H groups in total. The number of nitrogens with two attached hydrogens (primary N) is 1. The summed E-state index contributed by atoms with van der Waals surface area (Å²) in [6, 6.07) is 3.73. The molecule has 2 rings (SSSR count). The second-order valence-electron chi connectivity index (χ2n) is 3.40. The molecular weight excluding hydrogens is 198 g/mol. The van der Waals surface area contributed by atoms with Crippen molar-refractivity contribution in [3.05, 3.63) is 35.2 Å². The van der Waals surface area contributed by atoms with Crippen LogP contribution in [0, 0.1) is 0 Å². The molecule has 0 amide bonds. The third kappa shape index (κ3) is 1.49. The lowest BCUT2D eigenvalue weighted by molar-refractivity contribution is 0.736. The number of hydrogen-bond acceptors (Lipinski definition) is 2. The van der Waals surface area contributed by atoms with Gasteiger partial charge in [-0.1, -0.05) is 18.5 Å². The predicted octanol–water partition coefficient (Wildman–Crippen LogP) is 2.05. The van der Waals surface area contributed by atoms with Crippen LogP contribution in [0.3, 0.4) is 0 Å². The fourth-order valence-corrected chi connectivity index (χ4v) is 1.62. The largest absolute Gasteiger partial charge is 0.330 e. The van der Waals surface area contributed by atoms with Gasteiger partial charge < -0.3 is 10.1 Å². The molecule has 0 aliphatic carbocycles. The minimum atomic E-state index is 0.295. The second-order valence-corrected chi connectivity index (χ2v) is 3.83. The number of aromatic nitrogens is 2. The van der Waals surface area contributed by atoms with E-state index in [-0.39, 0.29) is 0 Å². The lowest BCUT2D eigenvalue weighted by Crippen LogP contribution is -2.10. The van der Waals surface area contributed by atoms with E-state index < -0.39 is 0 Å². The van der Waals surface area contributed by atoms with Gasteiger partial charge in [-0.25, -0.2) is 4.98 Å². The summed E-state index contributed by atoms with van der Waals surface area (Å²) >= 11 is 5.92. The van der Waals surface area contributed by atoms with E-state index >= 15 is 0 Å². The first-order chi connectivity index (χ1) is 6.72. The molecule has 0 saturated heterocycles. The van der Waals surface area contributed by atoms with Crippen LogP contribution < -0.4 is 5.73 Å². The Morgan fingerprint density at radius 2 is 2.36 bits per heavy atom. The number of halogens is 1. The van der Waals surface area contributed by atoms with Crippen molar-refractivity contribution in [2.75, 3.05) is 6.54 Å². The normalized spacial score (nSPS) is 13.4. The monoisotopic (exact) mass is 209 g/mol. The molecule has 0 spiro atoms. The van der Waals surface area contributed by atoms with E-state index in [0.29, 0.717) is 17.5 Å². The Labute approximate surface area is 87.5 Å². The summed E-state index contributed by atoms with van der Waals surface area (Å²) in [6.07, 6.45) is 3.72. The summed E-state index contributed by atoms with van der Waals surface area (Å²) in [5.74, 6) is 0.295. The molecule has 1 atom stereocenters. The van der Waals surface area contributed by atoms with Gasteiger partial charge in [-0.15, -0.1) is 0 Å². The quantitative estimate of drug-likeness (QED) is 0.823. The third-order valence-electron chi connectivity index (χ3n) is 2.36. The number of rotatable bonds is 2. The molecule has 2 aromatic rings. The average Bonchev–Trinajstić information content (AvgIpc) is 2.59. The van der Waals surface area contributed by atoms with E-state index in [0.717, 1.165) is 11.3 Å². The van der Waals surface area contributed by atoms with E-state index in [9.17, 15) is 0 Å². The van der Waals surface area contributed by atoms with Crippen molar-refractivity contribution in [1.82, 2.24) is 9.38 Å². The standard InChI is InChI=1S/C10H12ClN3/c1-7(4-12)9-5-13-10-3-2-8(11)6-14(9)10/h2-3,5-7H,4,12H2,1H3/t7-/m0/s1. The van der Waals surface area contributed by atoms with Gasteiger partial charge >= 0.3 is 0 Å². The molecule has 74 valence electrons. The molecular formula is C10H12ClN3. The highest BCUT2D eigenvalue weighted by molar-refractivity contribution is 6.30. The van der Waals surface area contributed by atoms with Gasteiger partial charge in [0.2, 0.25) is 0 Å².